The van der Waals surface area contributed by atoms with Crippen molar-refractivity contribution in [3.63, 3.8) is 0 Å². The van der Waals surface area contributed by atoms with Crippen molar-refractivity contribution < 1.29 is 4.74 Å². The van der Waals surface area contributed by atoms with Gasteiger partial charge in [-0.3, -0.25) is 0 Å². The van der Waals surface area contributed by atoms with Gasteiger partial charge >= 0.3 is 0 Å². The Labute approximate surface area is 111 Å². The van der Waals surface area contributed by atoms with E-state index in [2.05, 4.69) is 16.0 Å². The van der Waals surface area contributed by atoms with Gasteiger partial charge in [0.2, 0.25) is 0 Å². The molecule has 0 amide bonds. The van der Waals surface area contributed by atoms with Gasteiger partial charge < -0.3 is 4.74 Å². The van der Waals surface area contributed by atoms with Crippen molar-refractivity contribution in [3.05, 3.63) is 42.4 Å². The molecular formula is C15H13N3O. The molecule has 1 fully saturated rings. The van der Waals surface area contributed by atoms with Gasteiger partial charge in [0, 0.05) is 11.8 Å². The second-order valence-corrected chi connectivity index (χ2v) is 4.66. The van der Waals surface area contributed by atoms with Crippen molar-refractivity contribution in [3.8, 4) is 23.1 Å². The highest BCUT2D eigenvalue weighted by atomic mass is 16.5. The van der Waals surface area contributed by atoms with Gasteiger partial charge in [0.25, 0.3) is 0 Å². The first-order valence-corrected chi connectivity index (χ1v) is 6.17. The number of aromatic nitrogens is 2. The van der Waals surface area contributed by atoms with Crippen LogP contribution in [0.5, 0.6) is 5.75 Å². The zero-order chi connectivity index (χ0) is 13.3. The number of benzene rings is 1. The number of hydrogen-bond acceptors (Lipinski definition) is 4. The lowest BCUT2D eigenvalue weighted by molar-refractivity contribution is 0.416. The van der Waals surface area contributed by atoms with Crippen LogP contribution >= 0.6 is 0 Å². The lowest BCUT2D eigenvalue weighted by atomic mass is 10.1. The Bertz CT molecular complexity index is 656. The van der Waals surface area contributed by atoms with Crippen LogP contribution in [0.4, 0.5) is 0 Å². The van der Waals surface area contributed by atoms with Gasteiger partial charge in [-0.1, -0.05) is 12.1 Å². The molecule has 0 bridgehead atoms. The van der Waals surface area contributed by atoms with Gasteiger partial charge in [-0.05, 0) is 31.0 Å². The summed E-state index contributed by atoms with van der Waals surface area (Å²) in [5.74, 6) is 1.40. The van der Waals surface area contributed by atoms with E-state index in [1.807, 2.05) is 30.3 Å². The number of methoxy groups -OCH3 is 1. The molecule has 1 saturated carbocycles. The summed E-state index contributed by atoms with van der Waals surface area (Å²) in [7, 11) is 1.64. The molecule has 0 unspecified atom stereocenters. The van der Waals surface area contributed by atoms with Crippen LogP contribution in [-0.4, -0.2) is 17.1 Å². The molecule has 0 spiro atoms. The van der Waals surface area contributed by atoms with Crippen LogP contribution in [0.15, 0.2) is 36.5 Å². The summed E-state index contributed by atoms with van der Waals surface area (Å²) in [5.41, 5.74) is 1.25. The van der Waals surface area contributed by atoms with Gasteiger partial charge in [-0.25, -0.2) is 9.97 Å². The van der Waals surface area contributed by atoms with Gasteiger partial charge in [-0.15, -0.1) is 0 Å². The Hall–Kier alpha value is -2.41. The fourth-order valence-electron chi connectivity index (χ4n) is 2.11. The van der Waals surface area contributed by atoms with Crippen molar-refractivity contribution in [2.24, 2.45) is 0 Å². The smallest absolute Gasteiger partial charge is 0.149 e. The van der Waals surface area contributed by atoms with Gasteiger partial charge in [0.1, 0.15) is 17.0 Å². The zero-order valence-electron chi connectivity index (χ0n) is 10.6. The average molecular weight is 251 g/mol. The summed E-state index contributed by atoms with van der Waals surface area (Å²) >= 11 is 0. The SMILES string of the molecule is COc1ccccc1-c1ccnc(C2(C#N)CC2)n1. The summed E-state index contributed by atoms with van der Waals surface area (Å²) in [5, 5.41) is 9.22. The molecule has 3 rings (SSSR count). The van der Waals surface area contributed by atoms with E-state index in [-0.39, 0.29) is 0 Å². The number of nitrogens with zero attached hydrogens (tertiary/aromatic N) is 3. The van der Waals surface area contributed by atoms with E-state index in [1.54, 1.807) is 13.3 Å². The topological polar surface area (TPSA) is 58.8 Å². The van der Waals surface area contributed by atoms with Gasteiger partial charge in [0.15, 0.2) is 0 Å². The summed E-state index contributed by atoms with van der Waals surface area (Å²) < 4.78 is 5.34. The third kappa shape index (κ3) is 1.93. The molecule has 4 nitrogen and oxygen atoms in total. The molecule has 1 aliphatic carbocycles. The highest BCUT2D eigenvalue weighted by Crippen LogP contribution is 2.46. The number of rotatable bonds is 3. The van der Waals surface area contributed by atoms with Crippen molar-refractivity contribution in [2.75, 3.05) is 7.11 Å². The molecule has 0 saturated heterocycles. The fourth-order valence-corrected chi connectivity index (χ4v) is 2.11. The molecule has 1 aliphatic rings. The van der Waals surface area contributed by atoms with Gasteiger partial charge in [-0.2, -0.15) is 5.26 Å². The Kier molecular flexibility index (Phi) is 2.68. The van der Waals surface area contributed by atoms with E-state index in [0.29, 0.717) is 5.82 Å². The molecule has 19 heavy (non-hydrogen) atoms. The van der Waals surface area contributed by atoms with Crippen molar-refractivity contribution >= 4 is 0 Å². The molecule has 1 heterocycles. The van der Waals surface area contributed by atoms with Crippen molar-refractivity contribution in [1.82, 2.24) is 9.97 Å². The Morgan fingerprint density at radius 2 is 2.05 bits per heavy atom. The van der Waals surface area contributed by atoms with E-state index in [4.69, 9.17) is 4.74 Å². The molecule has 4 heteroatoms. The zero-order valence-corrected chi connectivity index (χ0v) is 10.6. The molecule has 94 valence electrons. The fraction of sp³-hybridized carbons (Fsp3) is 0.267. The monoisotopic (exact) mass is 251 g/mol. The molecule has 0 atom stereocenters. The summed E-state index contributed by atoms with van der Waals surface area (Å²) in [4.78, 5) is 8.79. The van der Waals surface area contributed by atoms with Crippen molar-refractivity contribution in [2.45, 2.75) is 18.3 Å². The quantitative estimate of drug-likeness (QED) is 0.841. The molecule has 0 N–H and O–H groups in total. The van der Waals surface area contributed by atoms with Crippen LogP contribution in [0, 0.1) is 11.3 Å². The Morgan fingerprint density at radius 1 is 1.26 bits per heavy atom. The predicted octanol–water partition coefficient (Wildman–Crippen LogP) is 2.71. The van der Waals surface area contributed by atoms with Crippen LogP contribution in [-0.2, 0) is 5.41 Å². The second kappa shape index (κ2) is 4.36. The summed E-state index contributed by atoms with van der Waals surface area (Å²) in [6.45, 7) is 0. The van der Waals surface area contributed by atoms with E-state index < -0.39 is 5.41 Å². The minimum atomic E-state index is -0.460. The Morgan fingerprint density at radius 3 is 2.74 bits per heavy atom. The van der Waals surface area contributed by atoms with Crippen LogP contribution in [0.3, 0.4) is 0 Å². The number of nitriles is 1. The maximum atomic E-state index is 9.22. The Balaban J connectivity index is 2.07. The molecular weight excluding hydrogens is 238 g/mol. The molecule has 0 radical (unpaired) electrons. The van der Waals surface area contributed by atoms with E-state index >= 15 is 0 Å². The maximum absolute atomic E-state index is 9.22. The molecule has 1 aromatic carbocycles. The van der Waals surface area contributed by atoms with Crippen LogP contribution in [0.1, 0.15) is 18.7 Å². The first-order valence-electron chi connectivity index (χ1n) is 6.17. The van der Waals surface area contributed by atoms with E-state index in [9.17, 15) is 5.26 Å². The molecule has 2 aromatic rings. The third-order valence-corrected chi connectivity index (χ3v) is 3.43. The molecule has 1 aromatic heterocycles. The average Bonchev–Trinajstić information content (AvgIpc) is 3.28. The second-order valence-electron chi connectivity index (χ2n) is 4.66. The lowest BCUT2D eigenvalue weighted by Gasteiger charge is -2.09. The van der Waals surface area contributed by atoms with Gasteiger partial charge in [0.05, 0.1) is 18.9 Å². The molecule has 0 aliphatic heterocycles. The van der Waals surface area contributed by atoms with Crippen molar-refractivity contribution in [1.29, 1.82) is 5.26 Å². The number of para-hydroxylation sites is 1. The van der Waals surface area contributed by atoms with E-state index in [0.717, 1.165) is 29.8 Å². The minimum absolute atomic E-state index is 0.460. The van der Waals surface area contributed by atoms with Crippen LogP contribution < -0.4 is 4.74 Å². The summed E-state index contributed by atoms with van der Waals surface area (Å²) in [6.07, 6.45) is 3.40. The van der Waals surface area contributed by atoms with Crippen LogP contribution in [0.25, 0.3) is 11.3 Å². The van der Waals surface area contributed by atoms with E-state index in [1.165, 1.54) is 0 Å². The lowest BCUT2D eigenvalue weighted by Crippen LogP contribution is -2.09. The number of hydrogen-bond donors (Lipinski definition) is 0. The third-order valence-electron chi connectivity index (χ3n) is 3.43. The number of ether oxygens (including phenoxy) is 1. The minimum Gasteiger partial charge on any atom is -0.496 e. The highest BCUT2D eigenvalue weighted by molar-refractivity contribution is 5.67. The largest absolute Gasteiger partial charge is 0.496 e. The normalized spacial score (nSPS) is 15.6. The maximum Gasteiger partial charge on any atom is 0.149 e. The highest BCUT2D eigenvalue weighted by Gasteiger charge is 2.47. The standard InChI is InChI=1S/C15H13N3O/c1-19-13-5-3-2-4-11(13)12-6-9-17-14(18-12)15(10-16)7-8-15/h2-6,9H,7-8H2,1H3. The first-order chi connectivity index (χ1) is 9.29. The van der Waals surface area contributed by atoms with Crippen LogP contribution in [0.2, 0.25) is 0 Å². The predicted molar refractivity (Wildman–Crippen MR) is 70.5 cm³/mol. The summed E-state index contributed by atoms with van der Waals surface area (Å²) in [6, 6.07) is 11.9. The first kappa shape index (κ1) is 11.7.